The molecule has 1 nitrogen and oxygen atoms in total. The molecule has 0 aliphatic heterocycles. The standard InChI is InChI=1S/C15H14BrF2N/c1-10(12-3-2-4-13(17)8-12)19-9-11-5-6-14(16)15(18)7-11/h2-8,10,19H,9H2,1H3/t10-/m0/s1. The maximum absolute atomic E-state index is 13.4. The van der Waals surface area contributed by atoms with Crippen molar-refractivity contribution < 1.29 is 8.78 Å². The van der Waals surface area contributed by atoms with Crippen LogP contribution >= 0.6 is 15.9 Å². The fraction of sp³-hybridized carbons (Fsp3) is 0.200. The third-order valence-electron chi connectivity index (χ3n) is 2.95. The molecule has 2 aromatic rings. The van der Waals surface area contributed by atoms with E-state index in [1.54, 1.807) is 12.1 Å². The van der Waals surface area contributed by atoms with Crippen LogP contribution in [0.4, 0.5) is 8.78 Å². The highest BCUT2D eigenvalue weighted by Gasteiger charge is 2.06. The van der Waals surface area contributed by atoms with Gasteiger partial charge in [0.2, 0.25) is 0 Å². The second-order valence-electron chi connectivity index (χ2n) is 4.41. The SMILES string of the molecule is C[C@H](NCc1ccc(Br)c(F)c1)c1cccc(F)c1. The van der Waals surface area contributed by atoms with E-state index >= 15 is 0 Å². The van der Waals surface area contributed by atoms with Gasteiger partial charge in [0.25, 0.3) is 0 Å². The Morgan fingerprint density at radius 3 is 2.63 bits per heavy atom. The Morgan fingerprint density at radius 1 is 1.16 bits per heavy atom. The Bertz CT molecular complexity index is 572. The average Bonchev–Trinajstić information content (AvgIpc) is 2.40. The first-order valence-electron chi connectivity index (χ1n) is 5.99. The first kappa shape index (κ1) is 14.2. The van der Waals surface area contributed by atoms with Crippen molar-refractivity contribution in [2.75, 3.05) is 0 Å². The highest BCUT2D eigenvalue weighted by Crippen LogP contribution is 2.18. The van der Waals surface area contributed by atoms with Gasteiger partial charge in [0.05, 0.1) is 4.47 Å². The van der Waals surface area contributed by atoms with E-state index in [0.29, 0.717) is 11.0 Å². The van der Waals surface area contributed by atoms with Crippen LogP contribution in [-0.4, -0.2) is 0 Å². The van der Waals surface area contributed by atoms with Gasteiger partial charge in [0.15, 0.2) is 0 Å². The molecule has 19 heavy (non-hydrogen) atoms. The molecular formula is C15H14BrF2N. The summed E-state index contributed by atoms with van der Waals surface area (Å²) in [6.45, 7) is 2.48. The lowest BCUT2D eigenvalue weighted by Gasteiger charge is -2.14. The molecule has 0 fully saturated rings. The minimum Gasteiger partial charge on any atom is -0.306 e. The molecule has 0 amide bonds. The molecule has 1 atom stereocenters. The van der Waals surface area contributed by atoms with Crippen LogP contribution in [0.5, 0.6) is 0 Å². The summed E-state index contributed by atoms with van der Waals surface area (Å²) in [4.78, 5) is 0. The van der Waals surface area contributed by atoms with Crippen molar-refractivity contribution in [1.82, 2.24) is 5.32 Å². The van der Waals surface area contributed by atoms with Gasteiger partial charge >= 0.3 is 0 Å². The van der Waals surface area contributed by atoms with Crippen LogP contribution in [-0.2, 0) is 6.54 Å². The molecule has 0 radical (unpaired) electrons. The van der Waals surface area contributed by atoms with E-state index in [1.807, 2.05) is 19.1 Å². The molecule has 2 rings (SSSR count). The maximum atomic E-state index is 13.4. The second kappa shape index (κ2) is 6.26. The largest absolute Gasteiger partial charge is 0.306 e. The van der Waals surface area contributed by atoms with Crippen molar-refractivity contribution in [3.63, 3.8) is 0 Å². The Labute approximate surface area is 119 Å². The number of hydrogen-bond donors (Lipinski definition) is 1. The molecule has 0 bridgehead atoms. The molecule has 0 spiro atoms. The highest BCUT2D eigenvalue weighted by molar-refractivity contribution is 9.10. The summed E-state index contributed by atoms with van der Waals surface area (Å²) >= 11 is 3.12. The van der Waals surface area contributed by atoms with Crippen LogP contribution in [0.25, 0.3) is 0 Å². The van der Waals surface area contributed by atoms with E-state index in [4.69, 9.17) is 0 Å². The Morgan fingerprint density at radius 2 is 1.95 bits per heavy atom. The van der Waals surface area contributed by atoms with E-state index in [2.05, 4.69) is 21.2 Å². The number of nitrogens with one attached hydrogen (secondary N) is 1. The predicted octanol–water partition coefficient (Wildman–Crippen LogP) is 4.58. The molecule has 0 saturated carbocycles. The van der Waals surface area contributed by atoms with Crippen molar-refractivity contribution in [1.29, 1.82) is 0 Å². The van der Waals surface area contributed by atoms with Gasteiger partial charge in [-0.15, -0.1) is 0 Å². The molecule has 0 aliphatic rings. The molecule has 0 unspecified atom stereocenters. The van der Waals surface area contributed by atoms with Crippen LogP contribution in [0.2, 0.25) is 0 Å². The number of halogens is 3. The minimum absolute atomic E-state index is 0.00223. The molecule has 0 saturated heterocycles. The smallest absolute Gasteiger partial charge is 0.137 e. The third-order valence-corrected chi connectivity index (χ3v) is 3.59. The Balaban J connectivity index is 2.00. The zero-order chi connectivity index (χ0) is 13.8. The average molecular weight is 326 g/mol. The summed E-state index contributed by atoms with van der Waals surface area (Å²) in [5, 5.41) is 3.24. The molecular weight excluding hydrogens is 312 g/mol. The summed E-state index contributed by atoms with van der Waals surface area (Å²) in [6, 6.07) is 11.5. The van der Waals surface area contributed by atoms with E-state index in [0.717, 1.165) is 11.1 Å². The second-order valence-corrected chi connectivity index (χ2v) is 5.26. The normalized spacial score (nSPS) is 12.4. The third kappa shape index (κ3) is 3.85. The lowest BCUT2D eigenvalue weighted by Crippen LogP contribution is -2.18. The quantitative estimate of drug-likeness (QED) is 0.867. The van der Waals surface area contributed by atoms with Crippen molar-refractivity contribution in [3.05, 3.63) is 69.7 Å². The summed E-state index contributed by atoms with van der Waals surface area (Å²) in [5.41, 5.74) is 1.72. The maximum Gasteiger partial charge on any atom is 0.137 e. The van der Waals surface area contributed by atoms with E-state index in [1.165, 1.54) is 18.2 Å². The van der Waals surface area contributed by atoms with Gasteiger partial charge in [-0.25, -0.2) is 8.78 Å². The van der Waals surface area contributed by atoms with Gasteiger partial charge in [-0.1, -0.05) is 18.2 Å². The van der Waals surface area contributed by atoms with Gasteiger partial charge in [0, 0.05) is 12.6 Å². The molecule has 100 valence electrons. The van der Waals surface area contributed by atoms with Gasteiger partial charge in [-0.3, -0.25) is 0 Å². The lowest BCUT2D eigenvalue weighted by molar-refractivity contribution is 0.560. The van der Waals surface area contributed by atoms with Crippen LogP contribution in [0, 0.1) is 11.6 Å². The van der Waals surface area contributed by atoms with Crippen molar-refractivity contribution in [2.24, 2.45) is 0 Å². The minimum atomic E-state index is -0.280. The van der Waals surface area contributed by atoms with Gasteiger partial charge in [-0.05, 0) is 58.2 Å². The fourth-order valence-corrected chi connectivity index (χ4v) is 2.06. The highest BCUT2D eigenvalue weighted by atomic mass is 79.9. The van der Waals surface area contributed by atoms with Crippen molar-refractivity contribution in [3.8, 4) is 0 Å². The van der Waals surface area contributed by atoms with E-state index < -0.39 is 0 Å². The first-order chi connectivity index (χ1) is 9.06. The molecule has 0 aromatic heterocycles. The fourth-order valence-electron chi connectivity index (χ4n) is 1.81. The number of rotatable bonds is 4. The Hall–Kier alpha value is -1.26. The van der Waals surface area contributed by atoms with Gasteiger partial charge < -0.3 is 5.32 Å². The summed E-state index contributed by atoms with van der Waals surface area (Å²) < 4.78 is 26.9. The zero-order valence-corrected chi connectivity index (χ0v) is 12.0. The van der Waals surface area contributed by atoms with Crippen molar-refractivity contribution in [2.45, 2.75) is 19.5 Å². The Kier molecular flexibility index (Phi) is 4.66. The zero-order valence-electron chi connectivity index (χ0n) is 10.5. The van der Waals surface area contributed by atoms with Crippen molar-refractivity contribution >= 4 is 15.9 Å². The number of hydrogen-bond acceptors (Lipinski definition) is 1. The van der Waals surface area contributed by atoms with Crippen LogP contribution in [0.3, 0.4) is 0 Å². The monoisotopic (exact) mass is 325 g/mol. The lowest BCUT2D eigenvalue weighted by atomic mass is 10.1. The van der Waals surface area contributed by atoms with Crippen LogP contribution in [0.1, 0.15) is 24.1 Å². The number of benzene rings is 2. The summed E-state index contributed by atoms with van der Waals surface area (Å²) in [6.07, 6.45) is 0. The molecule has 0 aliphatic carbocycles. The molecule has 2 aromatic carbocycles. The predicted molar refractivity (Wildman–Crippen MR) is 75.8 cm³/mol. The molecule has 0 heterocycles. The van der Waals surface area contributed by atoms with E-state index in [-0.39, 0.29) is 17.7 Å². The van der Waals surface area contributed by atoms with E-state index in [9.17, 15) is 8.78 Å². The molecule has 4 heteroatoms. The van der Waals surface area contributed by atoms with Crippen LogP contribution < -0.4 is 5.32 Å². The van der Waals surface area contributed by atoms with Gasteiger partial charge in [0.1, 0.15) is 11.6 Å². The molecule has 1 N–H and O–H groups in total. The summed E-state index contributed by atoms with van der Waals surface area (Å²) in [7, 11) is 0. The summed E-state index contributed by atoms with van der Waals surface area (Å²) in [5.74, 6) is -0.529. The van der Waals surface area contributed by atoms with Gasteiger partial charge in [-0.2, -0.15) is 0 Å². The topological polar surface area (TPSA) is 12.0 Å². The van der Waals surface area contributed by atoms with Crippen LogP contribution in [0.15, 0.2) is 46.9 Å². The first-order valence-corrected chi connectivity index (χ1v) is 6.78.